The smallest absolute Gasteiger partial charge is 0.207 e. The number of ether oxygens (including phenoxy) is 1. The molecule has 0 aliphatic carbocycles. The highest BCUT2D eigenvalue weighted by molar-refractivity contribution is 9.10. The average molecular weight is 257 g/mol. The molecule has 0 saturated carbocycles. The summed E-state index contributed by atoms with van der Waals surface area (Å²) in [5, 5.41) is 9.07. The van der Waals surface area contributed by atoms with Crippen LogP contribution in [-0.4, -0.2) is 12.2 Å². The van der Waals surface area contributed by atoms with Gasteiger partial charge in [0.25, 0.3) is 0 Å². The van der Waals surface area contributed by atoms with Gasteiger partial charge in [0.2, 0.25) is 11.6 Å². The minimum Gasteiger partial charge on any atom is -0.503 e. The van der Waals surface area contributed by atoms with Gasteiger partial charge in [-0.1, -0.05) is 0 Å². The summed E-state index contributed by atoms with van der Waals surface area (Å²) in [7, 11) is 1.03. The fraction of sp³-hybridized carbons (Fsp3) is 0.143. The molecular formula is C7H4BrF3O2. The van der Waals surface area contributed by atoms with Gasteiger partial charge in [0.1, 0.15) is 4.47 Å². The van der Waals surface area contributed by atoms with Gasteiger partial charge in [-0.15, -0.1) is 0 Å². The number of phenols is 1. The third kappa shape index (κ3) is 1.46. The second-order valence-corrected chi connectivity index (χ2v) is 2.93. The lowest BCUT2D eigenvalue weighted by atomic mass is 10.3. The topological polar surface area (TPSA) is 29.5 Å². The summed E-state index contributed by atoms with van der Waals surface area (Å²) in [5.74, 6) is -6.28. The van der Waals surface area contributed by atoms with Gasteiger partial charge in [-0.25, -0.2) is 8.78 Å². The molecule has 0 unspecified atom stereocenters. The maximum atomic E-state index is 12.8. The van der Waals surface area contributed by atoms with E-state index in [2.05, 4.69) is 20.7 Å². The maximum absolute atomic E-state index is 12.8. The molecule has 2 nitrogen and oxygen atoms in total. The first-order valence-electron chi connectivity index (χ1n) is 3.09. The van der Waals surface area contributed by atoms with Gasteiger partial charge in [0.05, 0.1) is 7.11 Å². The van der Waals surface area contributed by atoms with Crippen molar-refractivity contribution in [3.63, 3.8) is 0 Å². The zero-order chi connectivity index (χ0) is 10.2. The predicted molar refractivity (Wildman–Crippen MR) is 42.2 cm³/mol. The Labute approximate surface area is 80.1 Å². The number of halogens is 4. The summed E-state index contributed by atoms with van der Waals surface area (Å²) in [6, 6.07) is 0. The number of phenolic OH excluding ortho intramolecular Hbond substituents is 1. The van der Waals surface area contributed by atoms with Gasteiger partial charge in [-0.3, -0.25) is 0 Å². The van der Waals surface area contributed by atoms with Gasteiger partial charge >= 0.3 is 0 Å². The van der Waals surface area contributed by atoms with Crippen LogP contribution in [0.4, 0.5) is 13.2 Å². The van der Waals surface area contributed by atoms with Crippen LogP contribution in [0.5, 0.6) is 11.5 Å². The Morgan fingerprint density at radius 1 is 1.15 bits per heavy atom. The Kier molecular flexibility index (Phi) is 2.70. The van der Waals surface area contributed by atoms with Gasteiger partial charge in [-0.05, 0) is 15.9 Å². The molecule has 0 aromatic heterocycles. The largest absolute Gasteiger partial charge is 0.503 e. The molecule has 1 N–H and O–H groups in total. The molecule has 0 heterocycles. The number of rotatable bonds is 1. The molecule has 1 rings (SSSR count). The monoisotopic (exact) mass is 256 g/mol. The standard InChI is InChI=1S/C7H4BrF3O2/c1-13-7-5(11)4(10)3(9)2(8)6(7)12/h12H,1H3. The van der Waals surface area contributed by atoms with Crippen molar-refractivity contribution in [3.05, 3.63) is 21.9 Å². The third-order valence-electron chi connectivity index (χ3n) is 1.40. The van der Waals surface area contributed by atoms with Crippen molar-refractivity contribution in [3.8, 4) is 11.5 Å². The van der Waals surface area contributed by atoms with Crippen molar-refractivity contribution in [1.82, 2.24) is 0 Å². The number of aromatic hydroxyl groups is 1. The van der Waals surface area contributed by atoms with Gasteiger partial charge in [-0.2, -0.15) is 4.39 Å². The summed E-state index contributed by atoms with van der Waals surface area (Å²) in [5.41, 5.74) is 0. The van der Waals surface area contributed by atoms with E-state index in [4.69, 9.17) is 5.11 Å². The lowest BCUT2D eigenvalue weighted by molar-refractivity contribution is 0.327. The molecule has 6 heteroatoms. The van der Waals surface area contributed by atoms with Crippen LogP contribution in [0.2, 0.25) is 0 Å². The molecule has 1 aromatic carbocycles. The first-order chi connectivity index (χ1) is 6.00. The molecule has 1 aromatic rings. The first kappa shape index (κ1) is 10.2. The van der Waals surface area contributed by atoms with Crippen LogP contribution < -0.4 is 4.74 Å². The predicted octanol–water partition coefficient (Wildman–Crippen LogP) is 2.58. The molecule has 13 heavy (non-hydrogen) atoms. The maximum Gasteiger partial charge on any atom is 0.207 e. The molecule has 0 atom stereocenters. The highest BCUT2D eigenvalue weighted by Gasteiger charge is 2.23. The molecule has 72 valence electrons. The quantitative estimate of drug-likeness (QED) is 0.618. The number of hydrogen-bond donors (Lipinski definition) is 1. The molecule has 0 saturated heterocycles. The van der Waals surface area contributed by atoms with E-state index < -0.39 is 33.4 Å². The lowest BCUT2D eigenvalue weighted by Gasteiger charge is -2.07. The van der Waals surface area contributed by atoms with Crippen LogP contribution in [0.3, 0.4) is 0 Å². The Hall–Kier alpha value is -0.910. The van der Waals surface area contributed by atoms with Crippen molar-refractivity contribution < 1.29 is 23.0 Å². The van der Waals surface area contributed by atoms with Crippen molar-refractivity contribution >= 4 is 15.9 Å². The summed E-state index contributed by atoms with van der Waals surface area (Å²) in [6.07, 6.45) is 0. The van der Waals surface area contributed by atoms with Crippen LogP contribution in [0.15, 0.2) is 4.47 Å². The molecule has 0 amide bonds. The van der Waals surface area contributed by atoms with E-state index in [0.29, 0.717) is 0 Å². The summed E-state index contributed by atoms with van der Waals surface area (Å²) in [6.45, 7) is 0. The van der Waals surface area contributed by atoms with Crippen LogP contribution in [0.25, 0.3) is 0 Å². The normalized spacial score (nSPS) is 10.2. The SMILES string of the molecule is COc1c(O)c(Br)c(F)c(F)c1F. The zero-order valence-corrected chi connectivity index (χ0v) is 7.95. The highest BCUT2D eigenvalue weighted by Crippen LogP contribution is 2.39. The van der Waals surface area contributed by atoms with Gasteiger partial charge in [0, 0.05) is 0 Å². The molecule has 0 spiro atoms. The van der Waals surface area contributed by atoms with Gasteiger partial charge < -0.3 is 9.84 Å². The Bertz CT molecular complexity index is 325. The van der Waals surface area contributed by atoms with E-state index in [-0.39, 0.29) is 0 Å². The summed E-state index contributed by atoms with van der Waals surface area (Å²) in [4.78, 5) is 0. The van der Waals surface area contributed by atoms with Crippen LogP contribution in [0.1, 0.15) is 0 Å². The van der Waals surface area contributed by atoms with Crippen LogP contribution >= 0.6 is 15.9 Å². The van der Waals surface area contributed by atoms with Crippen molar-refractivity contribution in [2.45, 2.75) is 0 Å². The molecule has 0 fully saturated rings. The molecule has 0 radical (unpaired) electrons. The number of benzene rings is 1. The van der Waals surface area contributed by atoms with E-state index in [9.17, 15) is 13.2 Å². The first-order valence-corrected chi connectivity index (χ1v) is 3.88. The summed E-state index contributed by atoms with van der Waals surface area (Å²) >= 11 is 2.54. The van der Waals surface area contributed by atoms with Crippen molar-refractivity contribution in [2.24, 2.45) is 0 Å². The minimum atomic E-state index is -1.69. The second kappa shape index (κ2) is 3.45. The van der Waals surface area contributed by atoms with Gasteiger partial charge in [0.15, 0.2) is 17.4 Å². The van der Waals surface area contributed by atoms with Crippen molar-refractivity contribution in [2.75, 3.05) is 7.11 Å². The van der Waals surface area contributed by atoms with E-state index >= 15 is 0 Å². The van der Waals surface area contributed by atoms with E-state index in [0.717, 1.165) is 7.11 Å². The zero-order valence-electron chi connectivity index (χ0n) is 6.37. The minimum absolute atomic E-state index is 0.566. The Morgan fingerprint density at radius 2 is 1.69 bits per heavy atom. The number of methoxy groups -OCH3 is 1. The Morgan fingerprint density at radius 3 is 2.15 bits per heavy atom. The molecule has 0 aliphatic rings. The van der Waals surface area contributed by atoms with Crippen molar-refractivity contribution in [1.29, 1.82) is 0 Å². The molecule has 0 bridgehead atoms. The third-order valence-corrected chi connectivity index (χ3v) is 2.13. The van der Waals surface area contributed by atoms with Crippen LogP contribution in [0, 0.1) is 17.5 Å². The second-order valence-electron chi connectivity index (χ2n) is 2.14. The number of hydrogen-bond acceptors (Lipinski definition) is 2. The Balaban J connectivity index is 3.56. The average Bonchev–Trinajstić information content (AvgIpc) is 2.13. The van der Waals surface area contributed by atoms with E-state index in [1.165, 1.54) is 0 Å². The molecule has 0 aliphatic heterocycles. The van der Waals surface area contributed by atoms with E-state index in [1.54, 1.807) is 0 Å². The molecular weight excluding hydrogens is 253 g/mol. The fourth-order valence-electron chi connectivity index (χ4n) is 0.786. The summed E-state index contributed by atoms with van der Waals surface area (Å²) < 4.78 is 41.9. The van der Waals surface area contributed by atoms with E-state index in [1.807, 2.05) is 0 Å². The lowest BCUT2D eigenvalue weighted by Crippen LogP contribution is -1.97. The van der Waals surface area contributed by atoms with Crippen LogP contribution in [-0.2, 0) is 0 Å². The highest BCUT2D eigenvalue weighted by atomic mass is 79.9. The fourth-order valence-corrected chi connectivity index (χ4v) is 1.14.